The average molecular weight is 404 g/mol. The molecule has 3 aliphatic heterocycles. The van der Waals surface area contributed by atoms with Gasteiger partial charge < -0.3 is 14.7 Å². The Bertz CT molecular complexity index is 845. The molecule has 0 radical (unpaired) electrons. The summed E-state index contributed by atoms with van der Waals surface area (Å²) in [6.07, 6.45) is 5.71. The van der Waals surface area contributed by atoms with E-state index in [9.17, 15) is 19.2 Å². The van der Waals surface area contributed by atoms with Crippen LogP contribution in [0.4, 0.5) is 0 Å². The van der Waals surface area contributed by atoms with E-state index in [-0.39, 0.29) is 18.1 Å². The summed E-state index contributed by atoms with van der Waals surface area (Å²) in [7, 11) is 0. The van der Waals surface area contributed by atoms with Gasteiger partial charge in [-0.3, -0.25) is 19.0 Å². The Balaban J connectivity index is 1.32. The highest BCUT2D eigenvalue weighted by molar-refractivity contribution is 6.35. The Morgan fingerprint density at radius 2 is 1.31 bits per heavy atom. The molecule has 1 aromatic rings. The molecule has 0 saturated carbocycles. The fourth-order valence-electron chi connectivity index (χ4n) is 4.31. The van der Waals surface area contributed by atoms with E-state index in [0.29, 0.717) is 45.8 Å². The lowest BCUT2D eigenvalue weighted by atomic mass is 10.2. The van der Waals surface area contributed by atoms with Crippen LogP contribution in [0.2, 0.25) is 0 Å². The number of carbonyl (C=O) groups is 3. The number of aromatic nitrogens is 3. The van der Waals surface area contributed by atoms with Crippen LogP contribution in [-0.2, 0) is 33.9 Å². The number of carbonyl (C=O) groups excluding carboxylic acids is 3. The van der Waals surface area contributed by atoms with E-state index in [2.05, 4.69) is 5.10 Å². The van der Waals surface area contributed by atoms with Gasteiger partial charge in [-0.05, 0) is 25.7 Å². The van der Waals surface area contributed by atoms with Gasteiger partial charge in [-0.25, -0.2) is 9.48 Å². The first-order chi connectivity index (χ1) is 14.0. The quantitative estimate of drug-likeness (QED) is 0.593. The van der Waals surface area contributed by atoms with E-state index < -0.39 is 11.8 Å². The molecule has 29 heavy (non-hydrogen) atoms. The van der Waals surface area contributed by atoms with Gasteiger partial charge in [-0.2, -0.15) is 5.10 Å². The van der Waals surface area contributed by atoms with Crippen LogP contribution in [0.5, 0.6) is 0 Å². The molecular weight excluding hydrogens is 376 g/mol. The SMILES string of the molecule is O=C(Cn1nc2n(c1=O)CCCCC2)N1CCN(C(=O)C(=O)N2CCCC2)CC1. The lowest BCUT2D eigenvalue weighted by molar-refractivity contribution is -0.153. The van der Waals surface area contributed by atoms with Crippen molar-refractivity contribution in [3.8, 4) is 0 Å². The van der Waals surface area contributed by atoms with Gasteiger partial charge in [-0.1, -0.05) is 6.42 Å². The third-order valence-electron chi connectivity index (χ3n) is 6.06. The lowest BCUT2D eigenvalue weighted by Gasteiger charge is -2.34. The van der Waals surface area contributed by atoms with Crippen molar-refractivity contribution in [1.82, 2.24) is 29.0 Å². The second-order valence-corrected chi connectivity index (χ2v) is 7.99. The molecule has 0 spiro atoms. The van der Waals surface area contributed by atoms with Gasteiger partial charge in [0, 0.05) is 52.2 Å². The van der Waals surface area contributed by atoms with Crippen LogP contribution in [0, 0.1) is 0 Å². The maximum atomic E-state index is 12.7. The largest absolute Gasteiger partial charge is 0.346 e. The molecule has 2 fully saturated rings. The van der Waals surface area contributed by atoms with Crippen LogP contribution in [0.3, 0.4) is 0 Å². The Labute approximate surface area is 169 Å². The third kappa shape index (κ3) is 4.06. The first kappa shape index (κ1) is 19.7. The second kappa shape index (κ2) is 8.38. The van der Waals surface area contributed by atoms with E-state index in [1.54, 1.807) is 14.4 Å². The van der Waals surface area contributed by atoms with Crippen molar-refractivity contribution in [2.75, 3.05) is 39.3 Å². The van der Waals surface area contributed by atoms with Crippen LogP contribution in [-0.4, -0.2) is 86.0 Å². The van der Waals surface area contributed by atoms with Crippen LogP contribution in [0.1, 0.15) is 37.9 Å². The Morgan fingerprint density at radius 3 is 2.00 bits per heavy atom. The van der Waals surface area contributed by atoms with Crippen molar-refractivity contribution < 1.29 is 14.4 Å². The first-order valence-corrected chi connectivity index (χ1v) is 10.6. The smallest absolute Gasteiger partial charge is 0.338 e. The normalized spacial score (nSPS) is 19.8. The minimum atomic E-state index is -0.479. The van der Waals surface area contributed by atoms with Gasteiger partial charge in [0.15, 0.2) is 0 Å². The van der Waals surface area contributed by atoms with E-state index in [1.165, 1.54) is 9.58 Å². The van der Waals surface area contributed by atoms with E-state index in [4.69, 9.17) is 0 Å². The van der Waals surface area contributed by atoms with Gasteiger partial charge >= 0.3 is 17.5 Å². The van der Waals surface area contributed by atoms with Crippen LogP contribution in [0.15, 0.2) is 4.79 Å². The van der Waals surface area contributed by atoms with Crippen LogP contribution >= 0.6 is 0 Å². The number of nitrogens with zero attached hydrogens (tertiary/aromatic N) is 6. The zero-order valence-electron chi connectivity index (χ0n) is 16.7. The standard InChI is InChI=1S/C19H28N6O4/c26-16(14-25-19(29)24-9-3-1-2-6-15(24)20-25)21-10-12-23(13-11-21)18(28)17(27)22-7-4-5-8-22/h1-14H2. The van der Waals surface area contributed by atoms with Crippen molar-refractivity contribution in [2.45, 2.75) is 51.6 Å². The first-order valence-electron chi connectivity index (χ1n) is 10.6. The average Bonchev–Trinajstić information content (AvgIpc) is 3.30. The summed E-state index contributed by atoms with van der Waals surface area (Å²) in [5.41, 5.74) is -0.222. The summed E-state index contributed by atoms with van der Waals surface area (Å²) in [6.45, 7) is 3.25. The number of piperazine rings is 1. The predicted molar refractivity (Wildman–Crippen MR) is 103 cm³/mol. The molecule has 3 aliphatic rings. The Hall–Kier alpha value is -2.65. The topological polar surface area (TPSA) is 101 Å². The summed E-state index contributed by atoms with van der Waals surface area (Å²) >= 11 is 0. The molecule has 0 atom stereocenters. The number of likely N-dealkylation sites (tertiary alicyclic amines) is 1. The molecule has 10 nitrogen and oxygen atoms in total. The fourth-order valence-corrected chi connectivity index (χ4v) is 4.31. The maximum absolute atomic E-state index is 12.7. The highest BCUT2D eigenvalue weighted by Gasteiger charge is 2.32. The minimum Gasteiger partial charge on any atom is -0.338 e. The molecule has 0 N–H and O–H groups in total. The summed E-state index contributed by atoms with van der Waals surface area (Å²) in [4.78, 5) is 54.6. The molecule has 2 saturated heterocycles. The van der Waals surface area contributed by atoms with E-state index in [0.717, 1.165) is 44.3 Å². The summed E-state index contributed by atoms with van der Waals surface area (Å²) < 4.78 is 2.94. The predicted octanol–water partition coefficient (Wildman–Crippen LogP) is -0.936. The number of amides is 3. The maximum Gasteiger partial charge on any atom is 0.346 e. The number of rotatable bonds is 2. The van der Waals surface area contributed by atoms with Gasteiger partial charge in [0.25, 0.3) is 0 Å². The third-order valence-corrected chi connectivity index (χ3v) is 6.06. The Morgan fingerprint density at radius 1 is 0.724 bits per heavy atom. The summed E-state index contributed by atoms with van der Waals surface area (Å²) in [6, 6.07) is 0. The molecule has 4 rings (SSSR count). The monoisotopic (exact) mass is 404 g/mol. The van der Waals surface area contributed by atoms with Crippen molar-refractivity contribution in [2.24, 2.45) is 0 Å². The molecule has 0 aromatic carbocycles. The fraction of sp³-hybridized carbons (Fsp3) is 0.737. The highest BCUT2D eigenvalue weighted by Crippen LogP contribution is 2.12. The zero-order chi connectivity index (χ0) is 20.4. The molecule has 4 heterocycles. The molecule has 1 aromatic heterocycles. The molecule has 0 unspecified atom stereocenters. The number of hydrogen-bond donors (Lipinski definition) is 0. The molecule has 3 amide bonds. The van der Waals surface area contributed by atoms with Crippen molar-refractivity contribution in [3.05, 3.63) is 16.3 Å². The lowest BCUT2D eigenvalue weighted by Crippen LogP contribution is -2.54. The highest BCUT2D eigenvalue weighted by atomic mass is 16.2. The van der Waals surface area contributed by atoms with E-state index in [1.807, 2.05) is 0 Å². The summed E-state index contributed by atoms with van der Waals surface area (Å²) in [5, 5.41) is 4.36. The number of hydrogen-bond acceptors (Lipinski definition) is 5. The molecule has 0 bridgehead atoms. The van der Waals surface area contributed by atoms with Gasteiger partial charge in [0.1, 0.15) is 12.4 Å². The minimum absolute atomic E-state index is 0.0838. The van der Waals surface area contributed by atoms with Crippen molar-refractivity contribution in [1.29, 1.82) is 0 Å². The second-order valence-electron chi connectivity index (χ2n) is 7.99. The van der Waals surface area contributed by atoms with Gasteiger partial charge in [0.2, 0.25) is 5.91 Å². The Kier molecular flexibility index (Phi) is 5.68. The van der Waals surface area contributed by atoms with E-state index >= 15 is 0 Å². The molecule has 0 aliphatic carbocycles. The van der Waals surface area contributed by atoms with Crippen molar-refractivity contribution >= 4 is 17.7 Å². The van der Waals surface area contributed by atoms with Crippen molar-refractivity contribution in [3.63, 3.8) is 0 Å². The molecule has 158 valence electrons. The molecular formula is C19H28N6O4. The van der Waals surface area contributed by atoms with Crippen LogP contribution < -0.4 is 5.69 Å². The van der Waals surface area contributed by atoms with Crippen LogP contribution in [0.25, 0.3) is 0 Å². The zero-order valence-corrected chi connectivity index (χ0v) is 16.7. The summed E-state index contributed by atoms with van der Waals surface area (Å²) in [5.74, 6) is -0.337. The molecule has 10 heteroatoms. The van der Waals surface area contributed by atoms with Gasteiger partial charge in [-0.15, -0.1) is 0 Å². The van der Waals surface area contributed by atoms with Gasteiger partial charge in [0.05, 0.1) is 0 Å². The number of aryl methyl sites for hydroxylation is 1. The number of fused-ring (bicyclic) bond motifs is 1.